The van der Waals surface area contributed by atoms with Gasteiger partial charge in [-0.25, -0.2) is 4.98 Å². The number of H-pyrrole nitrogens is 1. The van der Waals surface area contributed by atoms with E-state index in [1.165, 1.54) is 30.9 Å². The molecule has 20 heavy (non-hydrogen) atoms. The van der Waals surface area contributed by atoms with Crippen molar-refractivity contribution in [1.29, 1.82) is 0 Å². The molecule has 0 fully saturated rings. The van der Waals surface area contributed by atoms with Crippen LogP contribution in [0.4, 0.5) is 0 Å². The number of phenols is 1. The molecule has 0 spiro atoms. The Balaban J connectivity index is 2.21. The van der Waals surface area contributed by atoms with Gasteiger partial charge in [-0.1, -0.05) is 0 Å². The number of aromatic amines is 1. The van der Waals surface area contributed by atoms with Gasteiger partial charge in [-0.05, 0) is 24.3 Å². The lowest BCUT2D eigenvalue weighted by molar-refractivity contribution is 0.103. The van der Waals surface area contributed by atoms with Crippen molar-refractivity contribution in [2.45, 2.75) is 0 Å². The molecular formula is C14H9N3O3. The molecule has 2 aromatic heterocycles. The van der Waals surface area contributed by atoms with E-state index in [1.54, 1.807) is 12.1 Å². The van der Waals surface area contributed by atoms with Gasteiger partial charge >= 0.3 is 0 Å². The summed E-state index contributed by atoms with van der Waals surface area (Å²) >= 11 is 0. The number of hydrogen-bond acceptors (Lipinski definition) is 5. The standard InChI is InChI=1S/C14H9N3O3/c18-11-6-9(13(19)8-1-3-15-4-2-8)5-10-12(11)16-7-17-14(10)20/h1-7,18H,(H,16,17,20). The number of hydrogen-bond donors (Lipinski definition) is 2. The van der Waals surface area contributed by atoms with E-state index in [9.17, 15) is 14.7 Å². The molecule has 0 aliphatic heterocycles. The fourth-order valence-corrected chi connectivity index (χ4v) is 1.96. The van der Waals surface area contributed by atoms with Crippen LogP contribution in [-0.4, -0.2) is 25.8 Å². The second-order valence-electron chi connectivity index (χ2n) is 4.19. The van der Waals surface area contributed by atoms with E-state index >= 15 is 0 Å². The Hall–Kier alpha value is -3.02. The van der Waals surface area contributed by atoms with E-state index in [2.05, 4.69) is 15.0 Å². The third-order valence-corrected chi connectivity index (χ3v) is 2.93. The number of carbonyl (C=O) groups excluding carboxylic acids is 1. The molecule has 0 bridgehead atoms. The molecule has 0 saturated carbocycles. The van der Waals surface area contributed by atoms with Gasteiger partial charge < -0.3 is 10.1 Å². The molecule has 0 atom stereocenters. The predicted molar refractivity (Wildman–Crippen MR) is 71.7 cm³/mol. The number of benzene rings is 1. The summed E-state index contributed by atoms with van der Waals surface area (Å²) in [7, 11) is 0. The number of nitrogens with zero attached hydrogens (tertiary/aromatic N) is 2. The number of pyridine rings is 1. The van der Waals surface area contributed by atoms with E-state index in [4.69, 9.17) is 0 Å². The van der Waals surface area contributed by atoms with Crippen molar-refractivity contribution in [3.63, 3.8) is 0 Å². The van der Waals surface area contributed by atoms with Crippen molar-refractivity contribution >= 4 is 16.7 Å². The van der Waals surface area contributed by atoms with Crippen LogP contribution in [0.1, 0.15) is 15.9 Å². The summed E-state index contributed by atoms with van der Waals surface area (Å²) in [5, 5.41) is 10.1. The number of aromatic hydroxyl groups is 1. The van der Waals surface area contributed by atoms with Gasteiger partial charge in [0, 0.05) is 23.5 Å². The molecule has 6 nitrogen and oxygen atoms in total. The Kier molecular flexibility index (Phi) is 2.76. The van der Waals surface area contributed by atoms with Crippen LogP contribution in [0.5, 0.6) is 5.75 Å². The van der Waals surface area contributed by atoms with Crippen LogP contribution in [0.25, 0.3) is 10.9 Å². The quantitative estimate of drug-likeness (QED) is 0.681. The third kappa shape index (κ3) is 1.93. The first-order valence-corrected chi connectivity index (χ1v) is 5.82. The predicted octanol–water partition coefficient (Wildman–Crippen LogP) is 1.25. The summed E-state index contributed by atoms with van der Waals surface area (Å²) in [4.78, 5) is 34.1. The number of ketones is 1. The second-order valence-corrected chi connectivity index (χ2v) is 4.19. The highest BCUT2D eigenvalue weighted by Crippen LogP contribution is 2.23. The molecule has 0 amide bonds. The topological polar surface area (TPSA) is 95.9 Å². The van der Waals surface area contributed by atoms with Crippen molar-refractivity contribution in [2.24, 2.45) is 0 Å². The first-order chi connectivity index (χ1) is 9.66. The Bertz CT molecular complexity index is 856. The lowest BCUT2D eigenvalue weighted by Gasteiger charge is -2.04. The smallest absolute Gasteiger partial charge is 0.258 e. The fraction of sp³-hybridized carbons (Fsp3) is 0. The Labute approximate surface area is 112 Å². The van der Waals surface area contributed by atoms with Crippen molar-refractivity contribution < 1.29 is 9.90 Å². The number of aromatic nitrogens is 3. The SMILES string of the molecule is O=C(c1ccncc1)c1cc(O)c2nc[nH]c(=O)c2c1. The van der Waals surface area contributed by atoms with Crippen molar-refractivity contribution in [1.82, 2.24) is 15.0 Å². The molecule has 0 radical (unpaired) electrons. The molecule has 0 saturated heterocycles. The van der Waals surface area contributed by atoms with Gasteiger partial charge in [-0.3, -0.25) is 14.6 Å². The maximum absolute atomic E-state index is 12.3. The molecule has 1 aromatic carbocycles. The van der Waals surface area contributed by atoms with Gasteiger partial charge in [0.2, 0.25) is 0 Å². The summed E-state index contributed by atoms with van der Waals surface area (Å²) in [6, 6.07) is 5.86. The van der Waals surface area contributed by atoms with Gasteiger partial charge in [-0.2, -0.15) is 0 Å². The Morgan fingerprint density at radius 3 is 2.65 bits per heavy atom. The molecule has 0 aliphatic rings. The second kappa shape index (κ2) is 4.58. The van der Waals surface area contributed by atoms with E-state index < -0.39 is 5.56 Å². The highest BCUT2D eigenvalue weighted by molar-refractivity contribution is 6.11. The van der Waals surface area contributed by atoms with E-state index in [0.29, 0.717) is 5.56 Å². The van der Waals surface area contributed by atoms with Crippen LogP contribution in [0.3, 0.4) is 0 Å². The average Bonchev–Trinajstić information content (AvgIpc) is 2.48. The average molecular weight is 267 g/mol. The van der Waals surface area contributed by atoms with Crippen LogP contribution in [0, 0.1) is 0 Å². The van der Waals surface area contributed by atoms with Crippen molar-refractivity contribution in [3.05, 3.63) is 64.5 Å². The largest absolute Gasteiger partial charge is 0.506 e. The minimum absolute atomic E-state index is 0.167. The number of rotatable bonds is 2. The number of fused-ring (bicyclic) bond motifs is 1. The molecule has 3 rings (SSSR count). The third-order valence-electron chi connectivity index (χ3n) is 2.93. The van der Waals surface area contributed by atoms with Crippen LogP contribution in [0.15, 0.2) is 47.8 Å². The van der Waals surface area contributed by atoms with Gasteiger partial charge in [0.1, 0.15) is 11.3 Å². The Morgan fingerprint density at radius 2 is 1.90 bits per heavy atom. The van der Waals surface area contributed by atoms with Gasteiger partial charge in [0.05, 0.1) is 11.7 Å². The highest BCUT2D eigenvalue weighted by atomic mass is 16.3. The summed E-state index contributed by atoms with van der Waals surface area (Å²) in [5.74, 6) is -0.501. The first-order valence-electron chi connectivity index (χ1n) is 5.82. The minimum Gasteiger partial charge on any atom is -0.506 e. The zero-order valence-corrected chi connectivity index (χ0v) is 10.2. The molecule has 98 valence electrons. The lowest BCUT2D eigenvalue weighted by atomic mass is 10.0. The van der Waals surface area contributed by atoms with Crippen molar-refractivity contribution in [2.75, 3.05) is 0 Å². The van der Waals surface area contributed by atoms with Crippen LogP contribution < -0.4 is 5.56 Å². The highest BCUT2D eigenvalue weighted by Gasteiger charge is 2.14. The number of phenolic OH excluding ortho intramolecular Hbond substituents is 1. The van der Waals surface area contributed by atoms with Crippen molar-refractivity contribution in [3.8, 4) is 5.75 Å². The summed E-state index contributed by atoms with van der Waals surface area (Å²) < 4.78 is 0. The van der Waals surface area contributed by atoms with Gasteiger partial charge in [0.15, 0.2) is 5.78 Å². The maximum atomic E-state index is 12.3. The van der Waals surface area contributed by atoms with E-state index in [-0.39, 0.29) is 28.0 Å². The zero-order chi connectivity index (χ0) is 14.1. The molecule has 0 aliphatic carbocycles. The summed E-state index contributed by atoms with van der Waals surface area (Å²) in [5.41, 5.74) is 0.411. The summed E-state index contributed by atoms with van der Waals surface area (Å²) in [6.45, 7) is 0. The van der Waals surface area contributed by atoms with E-state index in [1.807, 2.05) is 0 Å². The zero-order valence-electron chi connectivity index (χ0n) is 10.2. The monoisotopic (exact) mass is 267 g/mol. The fourth-order valence-electron chi connectivity index (χ4n) is 1.96. The molecule has 2 N–H and O–H groups in total. The Morgan fingerprint density at radius 1 is 1.15 bits per heavy atom. The van der Waals surface area contributed by atoms with Gasteiger partial charge in [-0.15, -0.1) is 0 Å². The first kappa shape index (κ1) is 12.0. The number of carbonyl (C=O) groups is 1. The van der Waals surface area contributed by atoms with Gasteiger partial charge in [0.25, 0.3) is 5.56 Å². The molecule has 0 unspecified atom stereocenters. The molecule has 6 heteroatoms. The molecule has 2 heterocycles. The maximum Gasteiger partial charge on any atom is 0.258 e. The van der Waals surface area contributed by atoms with Crippen LogP contribution in [0.2, 0.25) is 0 Å². The minimum atomic E-state index is -0.408. The van der Waals surface area contributed by atoms with Crippen LogP contribution >= 0.6 is 0 Å². The summed E-state index contributed by atoms with van der Waals surface area (Å²) in [6.07, 6.45) is 4.21. The van der Waals surface area contributed by atoms with E-state index in [0.717, 1.165) is 0 Å². The number of nitrogens with one attached hydrogen (secondary N) is 1. The molecule has 3 aromatic rings. The lowest BCUT2D eigenvalue weighted by Crippen LogP contribution is -2.08. The normalized spacial score (nSPS) is 10.6. The van der Waals surface area contributed by atoms with Crippen LogP contribution in [-0.2, 0) is 0 Å². The molecular weight excluding hydrogens is 258 g/mol.